The van der Waals surface area contributed by atoms with Gasteiger partial charge in [-0.25, -0.2) is 4.79 Å². The number of carbonyl (C=O) groups excluding carboxylic acids is 1. The minimum atomic E-state index is -0.0995. The van der Waals surface area contributed by atoms with Gasteiger partial charge in [0.25, 0.3) is 0 Å². The Labute approximate surface area is 137 Å². The van der Waals surface area contributed by atoms with Crippen molar-refractivity contribution in [2.45, 2.75) is 38.3 Å². The molecule has 2 aromatic rings. The third-order valence-corrected chi connectivity index (χ3v) is 4.41. The first kappa shape index (κ1) is 15.8. The number of nitrogens with one attached hydrogen (secondary N) is 2. The molecule has 0 radical (unpaired) electrons. The van der Waals surface area contributed by atoms with E-state index in [1.807, 2.05) is 19.1 Å². The van der Waals surface area contributed by atoms with Gasteiger partial charge in [0.05, 0.1) is 6.04 Å². The zero-order valence-corrected chi connectivity index (χ0v) is 13.5. The minimum Gasteiger partial charge on any atom is -0.381 e. The van der Waals surface area contributed by atoms with E-state index in [1.54, 1.807) is 0 Å². The summed E-state index contributed by atoms with van der Waals surface area (Å²) < 4.78 is 5.43. The van der Waals surface area contributed by atoms with Gasteiger partial charge in [-0.15, -0.1) is 0 Å². The SMILES string of the molecule is C[C@H](NC(=O)N[C@H]1CCCOCC1)c1ccc2ccccc2c1. The highest BCUT2D eigenvalue weighted by molar-refractivity contribution is 5.83. The molecule has 2 amide bonds. The second-order valence-electron chi connectivity index (χ2n) is 6.19. The summed E-state index contributed by atoms with van der Waals surface area (Å²) in [5, 5.41) is 8.51. The summed E-state index contributed by atoms with van der Waals surface area (Å²) in [6.45, 7) is 3.54. The third kappa shape index (κ3) is 4.23. The summed E-state index contributed by atoms with van der Waals surface area (Å²) in [5.74, 6) is 0. The number of rotatable bonds is 3. The Morgan fingerprint density at radius 3 is 2.83 bits per heavy atom. The van der Waals surface area contributed by atoms with E-state index >= 15 is 0 Å². The second kappa shape index (κ2) is 7.47. The van der Waals surface area contributed by atoms with E-state index in [4.69, 9.17) is 4.74 Å². The highest BCUT2D eigenvalue weighted by Gasteiger charge is 2.16. The molecule has 122 valence electrons. The predicted octanol–water partition coefficient (Wildman–Crippen LogP) is 3.77. The Morgan fingerprint density at radius 1 is 1.13 bits per heavy atom. The molecular weight excluding hydrogens is 288 g/mol. The Kier molecular flexibility index (Phi) is 5.13. The van der Waals surface area contributed by atoms with E-state index in [-0.39, 0.29) is 18.1 Å². The maximum Gasteiger partial charge on any atom is 0.315 e. The molecule has 0 bridgehead atoms. The van der Waals surface area contributed by atoms with Crippen LogP contribution in [0.1, 0.15) is 37.8 Å². The summed E-state index contributed by atoms with van der Waals surface area (Å²) in [7, 11) is 0. The van der Waals surface area contributed by atoms with Crippen LogP contribution in [-0.4, -0.2) is 25.3 Å². The number of amides is 2. The average molecular weight is 312 g/mol. The molecule has 2 atom stereocenters. The van der Waals surface area contributed by atoms with Crippen LogP contribution in [0.4, 0.5) is 4.79 Å². The molecule has 4 nitrogen and oxygen atoms in total. The molecule has 0 aromatic heterocycles. The molecule has 23 heavy (non-hydrogen) atoms. The normalized spacial score (nSPS) is 19.8. The molecule has 1 aliphatic rings. The van der Waals surface area contributed by atoms with Gasteiger partial charge in [0.15, 0.2) is 0 Å². The third-order valence-electron chi connectivity index (χ3n) is 4.41. The summed E-state index contributed by atoms with van der Waals surface area (Å²) in [6, 6.07) is 14.7. The summed E-state index contributed by atoms with van der Waals surface area (Å²) >= 11 is 0. The number of hydrogen-bond acceptors (Lipinski definition) is 2. The molecule has 1 heterocycles. The fourth-order valence-corrected chi connectivity index (χ4v) is 3.03. The van der Waals surface area contributed by atoms with Crippen LogP contribution < -0.4 is 10.6 Å². The van der Waals surface area contributed by atoms with Crippen molar-refractivity contribution in [2.24, 2.45) is 0 Å². The monoisotopic (exact) mass is 312 g/mol. The van der Waals surface area contributed by atoms with Crippen LogP contribution in [-0.2, 0) is 4.74 Å². The first-order valence-electron chi connectivity index (χ1n) is 8.36. The lowest BCUT2D eigenvalue weighted by atomic mass is 10.0. The fraction of sp³-hybridized carbons (Fsp3) is 0.421. The average Bonchev–Trinajstić information content (AvgIpc) is 2.83. The zero-order valence-electron chi connectivity index (χ0n) is 13.5. The van der Waals surface area contributed by atoms with E-state index in [1.165, 1.54) is 10.8 Å². The lowest BCUT2D eigenvalue weighted by molar-refractivity contribution is 0.142. The van der Waals surface area contributed by atoms with Gasteiger partial charge in [-0.1, -0.05) is 36.4 Å². The molecule has 1 aliphatic heterocycles. The Hall–Kier alpha value is -2.07. The minimum absolute atomic E-state index is 0.0263. The first-order chi connectivity index (χ1) is 11.2. The van der Waals surface area contributed by atoms with E-state index in [0.717, 1.165) is 38.0 Å². The molecule has 1 saturated heterocycles. The van der Waals surface area contributed by atoms with Crippen molar-refractivity contribution in [3.8, 4) is 0 Å². The van der Waals surface area contributed by atoms with Crippen molar-refractivity contribution < 1.29 is 9.53 Å². The highest BCUT2D eigenvalue weighted by Crippen LogP contribution is 2.20. The van der Waals surface area contributed by atoms with Crippen LogP contribution in [0.5, 0.6) is 0 Å². The van der Waals surface area contributed by atoms with E-state index < -0.39 is 0 Å². The van der Waals surface area contributed by atoms with Crippen molar-refractivity contribution in [1.82, 2.24) is 10.6 Å². The maximum absolute atomic E-state index is 12.2. The van der Waals surface area contributed by atoms with Crippen molar-refractivity contribution in [2.75, 3.05) is 13.2 Å². The van der Waals surface area contributed by atoms with Gasteiger partial charge < -0.3 is 15.4 Å². The summed E-state index contributed by atoms with van der Waals surface area (Å²) in [5.41, 5.74) is 1.11. The van der Waals surface area contributed by atoms with Crippen LogP contribution in [0.3, 0.4) is 0 Å². The van der Waals surface area contributed by atoms with Gasteiger partial charge in [-0.05, 0) is 48.6 Å². The fourth-order valence-electron chi connectivity index (χ4n) is 3.03. The van der Waals surface area contributed by atoms with Gasteiger partial charge in [-0.2, -0.15) is 0 Å². The van der Waals surface area contributed by atoms with Crippen molar-refractivity contribution in [1.29, 1.82) is 0 Å². The standard InChI is InChI=1S/C19H24N2O2/c1-14(16-9-8-15-5-2-3-6-17(15)13-16)20-19(22)21-18-7-4-11-23-12-10-18/h2-3,5-6,8-9,13-14,18H,4,7,10-12H2,1H3,(H2,20,21,22)/t14-,18-/m0/s1. The molecule has 0 spiro atoms. The quantitative estimate of drug-likeness (QED) is 0.906. The van der Waals surface area contributed by atoms with E-state index in [0.29, 0.717) is 0 Å². The Bertz CT molecular complexity index is 663. The predicted molar refractivity (Wildman–Crippen MR) is 92.5 cm³/mol. The van der Waals surface area contributed by atoms with Gasteiger partial charge in [0.2, 0.25) is 0 Å². The number of benzene rings is 2. The number of fused-ring (bicyclic) bond motifs is 1. The van der Waals surface area contributed by atoms with Crippen LogP contribution >= 0.6 is 0 Å². The molecule has 4 heteroatoms. The van der Waals surface area contributed by atoms with Gasteiger partial charge in [-0.3, -0.25) is 0 Å². The number of hydrogen-bond donors (Lipinski definition) is 2. The molecule has 0 saturated carbocycles. The Morgan fingerprint density at radius 2 is 1.96 bits per heavy atom. The van der Waals surface area contributed by atoms with Crippen molar-refractivity contribution in [3.63, 3.8) is 0 Å². The van der Waals surface area contributed by atoms with Gasteiger partial charge in [0, 0.05) is 19.3 Å². The number of ether oxygens (including phenoxy) is 1. The van der Waals surface area contributed by atoms with Crippen LogP contribution in [0.15, 0.2) is 42.5 Å². The zero-order chi connectivity index (χ0) is 16.1. The van der Waals surface area contributed by atoms with Crippen molar-refractivity contribution >= 4 is 16.8 Å². The van der Waals surface area contributed by atoms with Crippen LogP contribution in [0.2, 0.25) is 0 Å². The van der Waals surface area contributed by atoms with Crippen LogP contribution in [0, 0.1) is 0 Å². The molecule has 0 aliphatic carbocycles. The second-order valence-corrected chi connectivity index (χ2v) is 6.19. The lowest BCUT2D eigenvalue weighted by Gasteiger charge is -2.20. The molecule has 0 unspecified atom stereocenters. The first-order valence-corrected chi connectivity index (χ1v) is 8.36. The smallest absolute Gasteiger partial charge is 0.315 e. The molecule has 2 N–H and O–H groups in total. The molecule has 2 aromatic carbocycles. The maximum atomic E-state index is 12.2. The topological polar surface area (TPSA) is 50.4 Å². The van der Waals surface area contributed by atoms with Crippen LogP contribution in [0.25, 0.3) is 10.8 Å². The van der Waals surface area contributed by atoms with E-state index in [2.05, 4.69) is 41.0 Å². The molecule has 3 rings (SSSR count). The molecular formula is C19H24N2O2. The molecule has 1 fully saturated rings. The largest absolute Gasteiger partial charge is 0.381 e. The highest BCUT2D eigenvalue weighted by atomic mass is 16.5. The van der Waals surface area contributed by atoms with Crippen molar-refractivity contribution in [3.05, 3.63) is 48.0 Å². The Balaban J connectivity index is 1.60. The number of carbonyl (C=O) groups is 1. The van der Waals surface area contributed by atoms with E-state index in [9.17, 15) is 4.79 Å². The lowest BCUT2D eigenvalue weighted by Crippen LogP contribution is -2.43. The van der Waals surface area contributed by atoms with Gasteiger partial charge >= 0.3 is 6.03 Å². The number of urea groups is 1. The summed E-state index contributed by atoms with van der Waals surface area (Å²) in [6.07, 6.45) is 2.88. The summed E-state index contributed by atoms with van der Waals surface area (Å²) in [4.78, 5) is 12.2. The van der Waals surface area contributed by atoms with Gasteiger partial charge in [0.1, 0.15) is 0 Å².